The minimum atomic E-state index is -0.252. The lowest BCUT2D eigenvalue weighted by molar-refractivity contribution is -0.118. The Labute approximate surface area is 171 Å². The molecule has 5 rings (SSSR count). The van der Waals surface area contributed by atoms with Crippen molar-refractivity contribution in [1.82, 2.24) is 4.90 Å². The summed E-state index contributed by atoms with van der Waals surface area (Å²) in [6.45, 7) is 2.89. The molecule has 3 heterocycles. The summed E-state index contributed by atoms with van der Waals surface area (Å²) in [5.74, 6) is 1.03. The van der Waals surface area contributed by atoms with Crippen molar-refractivity contribution in [2.45, 2.75) is 0 Å². The molecule has 8 heteroatoms. The van der Waals surface area contributed by atoms with Crippen molar-refractivity contribution >= 4 is 22.8 Å². The van der Waals surface area contributed by atoms with E-state index in [1.54, 1.807) is 42.5 Å². The summed E-state index contributed by atoms with van der Waals surface area (Å²) < 4.78 is 22.1. The number of amides is 1. The van der Waals surface area contributed by atoms with Crippen LogP contribution in [0.15, 0.2) is 51.7 Å². The molecule has 3 aromatic rings. The van der Waals surface area contributed by atoms with Crippen LogP contribution in [0.5, 0.6) is 11.5 Å². The number of carbonyl (C=O) groups is 1. The number of hydrogen-bond donors (Lipinski definition) is 1. The molecule has 0 radical (unpaired) electrons. The van der Waals surface area contributed by atoms with Crippen LogP contribution < -0.4 is 20.2 Å². The van der Waals surface area contributed by atoms with E-state index in [9.17, 15) is 9.59 Å². The lowest BCUT2D eigenvalue weighted by Gasteiger charge is -2.25. The maximum absolute atomic E-state index is 13.3. The molecule has 0 aliphatic carbocycles. The van der Waals surface area contributed by atoms with Crippen LogP contribution in [0.25, 0.3) is 22.1 Å². The fourth-order valence-corrected chi connectivity index (χ4v) is 3.67. The number of nitrogens with one attached hydrogen (secondary N) is 1. The summed E-state index contributed by atoms with van der Waals surface area (Å²) >= 11 is 0. The first kappa shape index (κ1) is 18.7. The normalized spacial score (nSPS) is 16.0. The average Bonchev–Trinajstić information content (AvgIpc) is 3.22. The molecule has 1 saturated heterocycles. The Balaban J connectivity index is 1.55. The Morgan fingerprint density at radius 3 is 2.70 bits per heavy atom. The van der Waals surface area contributed by atoms with Crippen LogP contribution in [0.4, 0.5) is 5.88 Å². The lowest BCUT2D eigenvalue weighted by atomic mass is 10.0. The third-order valence-corrected chi connectivity index (χ3v) is 5.18. The smallest absolute Gasteiger partial charge is 0.240 e. The fourth-order valence-electron chi connectivity index (χ4n) is 3.67. The highest BCUT2D eigenvalue weighted by Crippen LogP contribution is 2.37. The van der Waals surface area contributed by atoms with E-state index >= 15 is 0 Å². The fraction of sp³-hybridized carbons (Fsp3) is 0.273. The highest BCUT2D eigenvalue weighted by Gasteiger charge is 2.22. The van der Waals surface area contributed by atoms with Gasteiger partial charge in [0.1, 0.15) is 5.58 Å². The van der Waals surface area contributed by atoms with Gasteiger partial charge in [-0.15, -0.1) is 0 Å². The highest BCUT2D eigenvalue weighted by molar-refractivity contribution is 5.97. The molecular formula is C22H20N2O6. The number of hydrogen-bond acceptors (Lipinski definition) is 7. The largest absolute Gasteiger partial charge is 0.454 e. The molecule has 1 N–H and O–H groups in total. The second kappa shape index (κ2) is 7.81. The number of benzene rings is 2. The van der Waals surface area contributed by atoms with E-state index < -0.39 is 0 Å². The minimum absolute atomic E-state index is 0.121. The molecule has 30 heavy (non-hydrogen) atoms. The van der Waals surface area contributed by atoms with Gasteiger partial charge in [0.15, 0.2) is 11.5 Å². The molecule has 8 nitrogen and oxygen atoms in total. The van der Waals surface area contributed by atoms with E-state index in [0.717, 1.165) is 0 Å². The minimum Gasteiger partial charge on any atom is -0.454 e. The number of anilines is 1. The molecule has 1 aromatic heterocycles. The lowest BCUT2D eigenvalue weighted by Crippen LogP contribution is -2.41. The van der Waals surface area contributed by atoms with Crippen molar-refractivity contribution in [2.75, 3.05) is 45.0 Å². The molecule has 1 fully saturated rings. The van der Waals surface area contributed by atoms with Gasteiger partial charge in [-0.05, 0) is 29.8 Å². The van der Waals surface area contributed by atoms with Crippen LogP contribution in [0, 0.1) is 0 Å². The standard InChI is InChI=1S/C22H20N2O6/c25-19(12-24-7-9-27-10-8-24)23-22-20(14-5-6-17-18(11-14)29-13-28-17)21(26)15-3-1-2-4-16(15)30-22/h1-6,11H,7-10,12-13H2,(H,23,25). The third-order valence-electron chi connectivity index (χ3n) is 5.18. The van der Waals surface area contributed by atoms with Crippen LogP contribution in [0.2, 0.25) is 0 Å². The zero-order chi connectivity index (χ0) is 20.5. The predicted molar refractivity (Wildman–Crippen MR) is 110 cm³/mol. The maximum Gasteiger partial charge on any atom is 0.240 e. The Hall–Kier alpha value is -3.36. The molecule has 0 unspecified atom stereocenters. The number of para-hydroxylation sites is 1. The summed E-state index contributed by atoms with van der Waals surface area (Å²) in [7, 11) is 0. The molecule has 2 aliphatic rings. The van der Waals surface area contributed by atoms with Crippen LogP contribution in [-0.2, 0) is 9.53 Å². The molecule has 0 atom stereocenters. The van der Waals surface area contributed by atoms with Crippen LogP contribution >= 0.6 is 0 Å². The van der Waals surface area contributed by atoms with Crippen LogP contribution in [0.3, 0.4) is 0 Å². The average molecular weight is 408 g/mol. The summed E-state index contributed by atoms with van der Waals surface area (Å²) in [6.07, 6.45) is 0. The van der Waals surface area contributed by atoms with Gasteiger partial charge in [0.2, 0.25) is 24.0 Å². The number of rotatable bonds is 4. The first-order chi connectivity index (χ1) is 14.7. The molecule has 0 bridgehead atoms. The Bertz CT molecular complexity index is 1170. The molecule has 0 spiro atoms. The summed E-state index contributed by atoms with van der Waals surface area (Å²) in [6, 6.07) is 12.2. The van der Waals surface area contributed by atoms with E-state index in [4.69, 9.17) is 18.6 Å². The van der Waals surface area contributed by atoms with Crippen molar-refractivity contribution in [3.8, 4) is 22.6 Å². The molecule has 154 valence electrons. The first-order valence-corrected chi connectivity index (χ1v) is 9.75. The molecule has 2 aromatic carbocycles. The predicted octanol–water partition coefficient (Wildman–Crippen LogP) is 2.46. The zero-order valence-corrected chi connectivity index (χ0v) is 16.2. The topological polar surface area (TPSA) is 90.2 Å². The Kier molecular flexibility index (Phi) is 4.86. The van der Waals surface area contributed by atoms with Gasteiger partial charge in [0.05, 0.1) is 30.7 Å². The second-order valence-corrected chi connectivity index (χ2v) is 7.14. The first-order valence-electron chi connectivity index (χ1n) is 9.75. The summed E-state index contributed by atoms with van der Waals surface area (Å²) in [4.78, 5) is 28.0. The van der Waals surface area contributed by atoms with Gasteiger partial charge in [-0.1, -0.05) is 18.2 Å². The van der Waals surface area contributed by atoms with Gasteiger partial charge >= 0.3 is 0 Å². The van der Waals surface area contributed by atoms with Gasteiger partial charge in [-0.3, -0.25) is 19.8 Å². The Morgan fingerprint density at radius 2 is 1.83 bits per heavy atom. The molecule has 1 amide bonds. The number of morpholine rings is 1. The number of nitrogens with zero attached hydrogens (tertiary/aromatic N) is 1. The number of ether oxygens (including phenoxy) is 3. The van der Waals surface area contributed by atoms with Gasteiger partial charge in [0.25, 0.3) is 0 Å². The van der Waals surface area contributed by atoms with Crippen molar-refractivity contribution in [1.29, 1.82) is 0 Å². The van der Waals surface area contributed by atoms with Crippen molar-refractivity contribution in [3.63, 3.8) is 0 Å². The van der Waals surface area contributed by atoms with E-state index in [0.29, 0.717) is 54.3 Å². The van der Waals surface area contributed by atoms with Gasteiger partial charge in [-0.25, -0.2) is 0 Å². The summed E-state index contributed by atoms with van der Waals surface area (Å²) in [5, 5.41) is 3.24. The number of carbonyl (C=O) groups excluding carboxylic acids is 1. The molecular weight excluding hydrogens is 388 g/mol. The number of fused-ring (bicyclic) bond motifs is 2. The highest BCUT2D eigenvalue weighted by atomic mass is 16.7. The molecule has 0 saturated carbocycles. The van der Waals surface area contributed by atoms with E-state index in [1.165, 1.54) is 0 Å². The van der Waals surface area contributed by atoms with E-state index in [2.05, 4.69) is 5.32 Å². The monoisotopic (exact) mass is 408 g/mol. The van der Waals surface area contributed by atoms with E-state index in [-0.39, 0.29) is 36.1 Å². The quantitative estimate of drug-likeness (QED) is 0.709. The zero-order valence-electron chi connectivity index (χ0n) is 16.2. The van der Waals surface area contributed by atoms with E-state index in [1.807, 2.05) is 4.90 Å². The van der Waals surface area contributed by atoms with Gasteiger partial charge in [0, 0.05) is 13.1 Å². The Morgan fingerprint density at radius 1 is 1.03 bits per heavy atom. The van der Waals surface area contributed by atoms with Crippen molar-refractivity contribution < 1.29 is 23.4 Å². The second-order valence-electron chi connectivity index (χ2n) is 7.14. The van der Waals surface area contributed by atoms with Crippen molar-refractivity contribution in [3.05, 3.63) is 52.7 Å². The van der Waals surface area contributed by atoms with Gasteiger partial charge in [-0.2, -0.15) is 0 Å². The van der Waals surface area contributed by atoms with Gasteiger partial charge < -0.3 is 18.6 Å². The third kappa shape index (κ3) is 3.51. The van der Waals surface area contributed by atoms with Crippen molar-refractivity contribution in [2.24, 2.45) is 0 Å². The van der Waals surface area contributed by atoms with Crippen LogP contribution in [0.1, 0.15) is 0 Å². The summed E-state index contributed by atoms with van der Waals surface area (Å²) in [5.41, 5.74) is 1.05. The van der Waals surface area contributed by atoms with Crippen LogP contribution in [-0.4, -0.2) is 50.4 Å². The molecule has 2 aliphatic heterocycles. The maximum atomic E-state index is 13.3. The SMILES string of the molecule is O=C(CN1CCOCC1)Nc1oc2ccccc2c(=O)c1-c1ccc2c(c1)OCO2.